The fraction of sp³-hybridized carbons (Fsp3) is 0.364. The van der Waals surface area contributed by atoms with E-state index in [0.29, 0.717) is 21.4 Å². The van der Waals surface area contributed by atoms with E-state index in [1.165, 1.54) is 4.90 Å². The molecule has 0 bridgehead atoms. The lowest BCUT2D eigenvalue weighted by atomic mass is 10.1. The third kappa shape index (κ3) is 6.65. The first-order valence-corrected chi connectivity index (χ1v) is 10.2. The van der Waals surface area contributed by atoms with Crippen LogP contribution in [-0.4, -0.2) is 35.4 Å². The van der Waals surface area contributed by atoms with Crippen LogP contribution in [0.5, 0.6) is 5.75 Å². The van der Waals surface area contributed by atoms with E-state index in [4.69, 9.17) is 27.9 Å². The summed E-state index contributed by atoms with van der Waals surface area (Å²) >= 11 is 12.3. The molecule has 1 atom stereocenters. The van der Waals surface area contributed by atoms with Crippen molar-refractivity contribution in [2.45, 2.75) is 46.3 Å². The molecule has 0 unspecified atom stereocenters. The van der Waals surface area contributed by atoms with E-state index in [1.54, 1.807) is 31.2 Å². The Bertz CT molecular complexity index is 871. The Kier molecular flexibility index (Phi) is 8.35. The molecule has 5 nitrogen and oxygen atoms in total. The largest absolute Gasteiger partial charge is 0.484 e. The van der Waals surface area contributed by atoms with Gasteiger partial charge in [0.25, 0.3) is 5.91 Å². The van der Waals surface area contributed by atoms with Crippen molar-refractivity contribution < 1.29 is 14.3 Å². The molecule has 0 fully saturated rings. The Labute approximate surface area is 181 Å². The fourth-order valence-corrected chi connectivity index (χ4v) is 3.23. The Morgan fingerprint density at radius 2 is 1.79 bits per heavy atom. The van der Waals surface area contributed by atoms with Crippen LogP contribution in [0, 0.1) is 6.92 Å². The standard InChI is InChI=1S/C22H26Cl2N2O3/c1-14(2)25-22(28)16(4)26(12-17-9-10-18(23)11-19(17)24)21(27)13-29-20-8-6-5-7-15(20)3/h5-11,14,16H,12-13H2,1-4H3,(H,25,28)/t16-/m1/s1. The third-order valence-electron chi connectivity index (χ3n) is 4.40. The van der Waals surface area contributed by atoms with Gasteiger partial charge in [0.2, 0.25) is 5.91 Å². The smallest absolute Gasteiger partial charge is 0.261 e. The summed E-state index contributed by atoms with van der Waals surface area (Å²) in [5, 5.41) is 3.78. The second kappa shape index (κ2) is 10.5. The van der Waals surface area contributed by atoms with Crippen LogP contribution in [0.4, 0.5) is 0 Å². The number of ether oxygens (including phenoxy) is 1. The molecule has 2 aromatic carbocycles. The van der Waals surface area contributed by atoms with Gasteiger partial charge in [-0.1, -0.05) is 47.5 Å². The van der Waals surface area contributed by atoms with Gasteiger partial charge in [-0.15, -0.1) is 0 Å². The minimum Gasteiger partial charge on any atom is -0.484 e. The van der Waals surface area contributed by atoms with Gasteiger partial charge in [0.05, 0.1) is 0 Å². The van der Waals surface area contributed by atoms with Crippen LogP contribution in [0.2, 0.25) is 10.0 Å². The van der Waals surface area contributed by atoms with Crippen LogP contribution in [0.1, 0.15) is 31.9 Å². The summed E-state index contributed by atoms with van der Waals surface area (Å²) in [6, 6.07) is 11.8. The molecule has 1 N–H and O–H groups in total. The van der Waals surface area contributed by atoms with Gasteiger partial charge in [0.1, 0.15) is 11.8 Å². The predicted molar refractivity (Wildman–Crippen MR) is 116 cm³/mol. The zero-order valence-corrected chi connectivity index (χ0v) is 18.6. The Morgan fingerprint density at radius 1 is 1.10 bits per heavy atom. The summed E-state index contributed by atoms with van der Waals surface area (Å²) in [6.45, 7) is 7.31. The SMILES string of the molecule is Cc1ccccc1OCC(=O)N(Cc1ccc(Cl)cc1Cl)[C@H](C)C(=O)NC(C)C. The number of carbonyl (C=O) groups excluding carboxylic acids is 2. The van der Waals surface area contributed by atoms with E-state index in [9.17, 15) is 9.59 Å². The third-order valence-corrected chi connectivity index (χ3v) is 4.99. The van der Waals surface area contributed by atoms with Crippen LogP contribution in [0.15, 0.2) is 42.5 Å². The molecule has 2 rings (SSSR count). The molecule has 0 spiro atoms. The molecule has 7 heteroatoms. The highest BCUT2D eigenvalue weighted by Gasteiger charge is 2.27. The molecule has 0 aliphatic heterocycles. The number of aryl methyl sites for hydroxylation is 1. The van der Waals surface area contributed by atoms with E-state index < -0.39 is 6.04 Å². The molecule has 2 amide bonds. The first-order valence-electron chi connectivity index (χ1n) is 9.41. The van der Waals surface area contributed by atoms with Gasteiger partial charge in [0, 0.05) is 22.6 Å². The van der Waals surface area contributed by atoms with Crippen molar-refractivity contribution in [1.29, 1.82) is 0 Å². The molecule has 0 radical (unpaired) electrons. The van der Waals surface area contributed by atoms with Crippen LogP contribution in [0.25, 0.3) is 0 Å². The highest BCUT2D eigenvalue weighted by atomic mass is 35.5. The van der Waals surface area contributed by atoms with E-state index in [2.05, 4.69) is 5.32 Å². The highest BCUT2D eigenvalue weighted by molar-refractivity contribution is 6.35. The lowest BCUT2D eigenvalue weighted by Gasteiger charge is -2.29. The maximum absolute atomic E-state index is 13.0. The van der Waals surface area contributed by atoms with E-state index >= 15 is 0 Å². The molecule has 0 aliphatic rings. The lowest BCUT2D eigenvalue weighted by molar-refractivity contribution is -0.142. The number of benzene rings is 2. The van der Waals surface area contributed by atoms with E-state index in [-0.39, 0.29) is 31.0 Å². The number of nitrogens with one attached hydrogen (secondary N) is 1. The Balaban J connectivity index is 2.21. The minimum atomic E-state index is -0.697. The maximum atomic E-state index is 13.0. The number of halogens is 2. The van der Waals surface area contributed by atoms with E-state index in [1.807, 2.05) is 39.0 Å². The molecule has 0 aromatic heterocycles. The molecular formula is C22H26Cl2N2O3. The maximum Gasteiger partial charge on any atom is 0.261 e. The topological polar surface area (TPSA) is 58.6 Å². The van der Waals surface area contributed by atoms with Crippen LogP contribution in [-0.2, 0) is 16.1 Å². The monoisotopic (exact) mass is 436 g/mol. The second-order valence-electron chi connectivity index (χ2n) is 7.15. The van der Waals surface area contributed by atoms with Crippen LogP contribution in [0.3, 0.4) is 0 Å². The molecule has 0 heterocycles. The quantitative estimate of drug-likeness (QED) is 0.656. The van der Waals surface area contributed by atoms with Crippen LogP contribution < -0.4 is 10.1 Å². The fourth-order valence-electron chi connectivity index (χ4n) is 2.76. The minimum absolute atomic E-state index is 0.0377. The summed E-state index contributed by atoms with van der Waals surface area (Å²) in [5.74, 6) is 0.0737. The predicted octanol–water partition coefficient (Wildman–Crippen LogP) is 4.62. The van der Waals surface area contributed by atoms with Gasteiger partial charge < -0.3 is 15.0 Å². The summed E-state index contributed by atoms with van der Waals surface area (Å²) in [5.41, 5.74) is 1.63. The summed E-state index contributed by atoms with van der Waals surface area (Å²) in [4.78, 5) is 27.0. The second-order valence-corrected chi connectivity index (χ2v) is 7.99. The Hall–Kier alpha value is -2.24. The zero-order valence-electron chi connectivity index (χ0n) is 17.0. The van der Waals surface area contributed by atoms with Crippen LogP contribution >= 0.6 is 23.2 Å². The molecule has 0 saturated carbocycles. The molecule has 2 aromatic rings. The highest BCUT2D eigenvalue weighted by Crippen LogP contribution is 2.23. The van der Waals surface area contributed by atoms with Gasteiger partial charge >= 0.3 is 0 Å². The molecule has 0 saturated heterocycles. The average Bonchev–Trinajstić information content (AvgIpc) is 2.65. The normalized spacial score (nSPS) is 11.8. The first kappa shape index (κ1) is 23.0. The number of amides is 2. The van der Waals surface area contributed by atoms with Crippen molar-refractivity contribution in [3.8, 4) is 5.75 Å². The van der Waals surface area contributed by atoms with Gasteiger partial charge in [-0.2, -0.15) is 0 Å². The number of para-hydroxylation sites is 1. The van der Waals surface area contributed by atoms with Crippen molar-refractivity contribution in [3.05, 3.63) is 63.6 Å². The lowest BCUT2D eigenvalue weighted by Crippen LogP contribution is -2.50. The summed E-state index contributed by atoms with van der Waals surface area (Å²) < 4.78 is 5.70. The van der Waals surface area contributed by atoms with Gasteiger partial charge in [-0.3, -0.25) is 9.59 Å². The molecule has 156 valence electrons. The number of hydrogen-bond donors (Lipinski definition) is 1. The summed E-state index contributed by atoms with van der Waals surface area (Å²) in [7, 11) is 0. The number of rotatable bonds is 8. The van der Waals surface area contributed by atoms with Crippen molar-refractivity contribution in [2.24, 2.45) is 0 Å². The van der Waals surface area contributed by atoms with E-state index in [0.717, 1.165) is 5.56 Å². The van der Waals surface area contributed by atoms with Gasteiger partial charge in [-0.25, -0.2) is 0 Å². The van der Waals surface area contributed by atoms with Crippen molar-refractivity contribution in [2.75, 3.05) is 6.61 Å². The number of nitrogens with zero attached hydrogens (tertiary/aromatic N) is 1. The van der Waals surface area contributed by atoms with Gasteiger partial charge in [-0.05, 0) is 57.0 Å². The zero-order chi connectivity index (χ0) is 21.6. The van der Waals surface area contributed by atoms with Gasteiger partial charge in [0.15, 0.2) is 6.61 Å². The first-order chi connectivity index (χ1) is 13.7. The number of carbonyl (C=O) groups is 2. The van der Waals surface area contributed by atoms with Crippen molar-refractivity contribution >= 4 is 35.0 Å². The Morgan fingerprint density at radius 3 is 2.41 bits per heavy atom. The average molecular weight is 437 g/mol. The molecule has 29 heavy (non-hydrogen) atoms. The molecular weight excluding hydrogens is 411 g/mol. The molecule has 0 aliphatic carbocycles. The number of hydrogen-bond acceptors (Lipinski definition) is 3. The summed E-state index contributed by atoms with van der Waals surface area (Å²) in [6.07, 6.45) is 0. The van der Waals surface area contributed by atoms with Crippen molar-refractivity contribution in [3.63, 3.8) is 0 Å². The van der Waals surface area contributed by atoms with Crippen molar-refractivity contribution in [1.82, 2.24) is 10.2 Å².